The van der Waals surface area contributed by atoms with Crippen molar-refractivity contribution in [1.29, 1.82) is 0 Å². The molecule has 2 aromatic rings. The van der Waals surface area contributed by atoms with Crippen LogP contribution in [0.5, 0.6) is 0 Å². The molecule has 1 aromatic carbocycles. The number of aromatic nitrogens is 2. The predicted molar refractivity (Wildman–Crippen MR) is 66.7 cm³/mol. The van der Waals surface area contributed by atoms with Crippen molar-refractivity contribution in [1.82, 2.24) is 15.4 Å². The van der Waals surface area contributed by atoms with Crippen molar-refractivity contribution in [3.8, 4) is 0 Å². The van der Waals surface area contributed by atoms with Gasteiger partial charge in [0.15, 0.2) is 6.33 Å². The summed E-state index contributed by atoms with van der Waals surface area (Å²) in [5.74, 6) is -1.91. The number of aromatic amines is 1. The van der Waals surface area contributed by atoms with Gasteiger partial charge in [-0.05, 0) is 11.0 Å². The summed E-state index contributed by atoms with van der Waals surface area (Å²) in [7, 11) is 0. The van der Waals surface area contributed by atoms with E-state index in [1.807, 2.05) is 5.43 Å². The summed E-state index contributed by atoms with van der Waals surface area (Å²) < 4.78 is 13.2. The van der Waals surface area contributed by atoms with Gasteiger partial charge in [0, 0.05) is 5.56 Å². The van der Waals surface area contributed by atoms with E-state index in [1.54, 1.807) is 6.07 Å². The van der Waals surface area contributed by atoms with E-state index in [9.17, 15) is 19.3 Å². The number of carbonyl (C=O) groups excluding carboxylic acids is 1. The molecule has 102 valence electrons. The van der Waals surface area contributed by atoms with Crippen LogP contribution in [0, 0.1) is 15.9 Å². The number of benzene rings is 1. The number of nitrogens with one attached hydrogen (secondary N) is 2. The number of imidazole rings is 1. The van der Waals surface area contributed by atoms with Gasteiger partial charge >= 0.3 is 5.82 Å². The lowest BCUT2D eigenvalue weighted by Crippen LogP contribution is -2.19. The van der Waals surface area contributed by atoms with Crippen LogP contribution in [0.3, 0.4) is 0 Å². The maximum Gasteiger partial charge on any atom is 0.353 e. The van der Waals surface area contributed by atoms with Gasteiger partial charge in [0.25, 0.3) is 5.91 Å². The molecule has 0 bridgehead atoms. The molecule has 0 unspecified atom stereocenters. The minimum absolute atomic E-state index is 0.171. The number of hydrogen-bond acceptors (Lipinski definition) is 5. The second-order valence-electron chi connectivity index (χ2n) is 3.58. The first kappa shape index (κ1) is 13.3. The van der Waals surface area contributed by atoms with E-state index < -0.39 is 28.2 Å². The highest BCUT2D eigenvalue weighted by molar-refractivity contribution is 5.96. The molecule has 0 saturated heterocycles. The van der Waals surface area contributed by atoms with E-state index in [0.29, 0.717) is 0 Å². The lowest BCUT2D eigenvalue weighted by atomic mass is 10.2. The highest BCUT2D eigenvalue weighted by atomic mass is 19.1. The van der Waals surface area contributed by atoms with Crippen LogP contribution >= 0.6 is 0 Å². The molecule has 2 rings (SSSR count). The Bertz CT molecular complexity index is 682. The molecule has 9 heteroatoms. The lowest BCUT2D eigenvalue weighted by molar-refractivity contribution is -0.389. The fraction of sp³-hybridized carbons (Fsp3) is 0. The van der Waals surface area contributed by atoms with Gasteiger partial charge in [-0.2, -0.15) is 5.10 Å². The Balaban J connectivity index is 2.08. The van der Waals surface area contributed by atoms with Gasteiger partial charge in [-0.15, -0.1) is 0 Å². The van der Waals surface area contributed by atoms with E-state index in [1.165, 1.54) is 18.2 Å². The monoisotopic (exact) mass is 277 g/mol. The number of rotatable bonds is 4. The first-order chi connectivity index (χ1) is 9.59. The molecule has 0 atom stereocenters. The van der Waals surface area contributed by atoms with Crippen molar-refractivity contribution in [3.63, 3.8) is 0 Å². The van der Waals surface area contributed by atoms with E-state index in [4.69, 9.17) is 0 Å². The maximum atomic E-state index is 13.2. The molecule has 0 saturated carbocycles. The Labute approximate surface area is 111 Å². The SMILES string of the molecule is O=C(N/N=C\c1ccccc1F)c1nc[nH]c1[N+](=O)[O-]. The number of amides is 1. The van der Waals surface area contributed by atoms with Crippen LogP contribution in [0.15, 0.2) is 35.7 Å². The third-order valence-corrected chi connectivity index (χ3v) is 2.29. The van der Waals surface area contributed by atoms with Crippen LogP contribution in [0.1, 0.15) is 16.1 Å². The number of nitrogens with zero attached hydrogens (tertiary/aromatic N) is 3. The number of hydrazone groups is 1. The maximum absolute atomic E-state index is 13.2. The average molecular weight is 277 g/mol. The van der Waals surface area contributed by atoms with Gasteiger partial charge in [0.1, 0.15) is 5.82 Å². The van der Waals surface area contributed by atoms with Gasteiger partial charge < -0.3 is 10.1 Å². The molecule has 2 N–H and O–H groups in total. The standard InChI is InChI=1S/C11H8FN5O3/c12-8-4-2-1-3-7(8)5-15-16-11(18)9-10(17(19)20)14-6-13-9/h1-6H,(H,13,14)(H,16,18)/b15-5-. The van der Waals surface area contributed by atoms with Crippen molar-refractivity contribution in [2.24, 2.45) is 5.10 Å². The highest BCUT2D eigenvalue weighted by Gasteiger charge is 2.21. The molecule has 0 fully saturated rings. The molecule has 0 aliphatic heterocycles. The minimum atomic E-state index is -0.870. The average Bonchev–Trinajstić information content (AvgIpc) is 2.90. The smallest absolute Gasteiger partial charge is 0.353 e. The Kier molecular flexibility index (Phi) is 3.80. The fourth-order valence-electron chi connectivity index (χ4n) is 1.39. The van der Waals surface area contributed by atoms with Crippen LogP contribution in [0.2, 0.25) is 0 Å². The summed E-state index contributed by atoms with van der Waals surface area (Å²) in [6.07, 6.45) is 2.11. The van der Waals surface area contributed by atoms with Crippen LogP contribution in [-0.2, 0) is 0 Å². The molecular formula is C11H8FN5O3. The Morgan fingerprint density at radius 1 is 1.50 bits per heavy atom. The van der Waals surface area contributed by atoms with E-state index >= 15 is 0 Å². The predicted octanol–water partition coefficient (Wildman–Crippen LogP) is 1.22. The molecule has 20 heavy (non-hydrogen) atoms. The quantitative estimate of drug-likeness (QED) is 0.497. The molecule has 8 nitrogen and oxygen atoms in total. The summed E-state index contributed by atoms with van der Waals surface area (Å²) in [5, 5.41) is 14.1. The number of nitro groups is 1. The molecule has 1 amide bonds. The molecule has 0 spiro atoms. The third-order valence-electron chi connectivity index (χ3n) is 2.29. The van der Waals surface area contributed by atoms with Gasteiger partial charge in [-0.1, -0.05) is 18.2 Å². The second kappa shape index (κ2) is 5.69. The van der Waals surface area contributed by atoms with Crippen molar-refractivity contribution in [3.05, 3.63) is 57.8 Å². The Morgan fingerprint density at radius 2 is 2.25 bits per heavy atom. The van der Waals surface area contributed by atoms with Crippen LogP contribution < -0.4 is 5.43 Å². The van der Waals surface area contributed by atoms with Gasteiger partial charge in [0.05, 0.1) is 6.21 Å². The van der Waals surface area contributed by atoms with Crippen molar-refractivity contribution < 1.29 is 14.1 Å². The summed E-state index contributed by atoms with van der Waals surface area (Å²) in [5.41, 5.74) is 1.80. The Morgan fingerprint density at radius 3 is 2.95 bits per heavy atom. The number of halogens is 1. The molecule has 0 aliphatic carbocycles. The third kappa shape index (κ3) is 2.83. The first-order valence-corrected chi connectivity index (χ1v) is 5.35. The summed E-state index contributed by atoms with van der Waals surface area (Å²) >= 11 is 0. The van der Waals surface area contributed by atoms with Crippen molar-refractivity contribution >= 4 is 17.9 Å². The van der Waals surface area contributed by atoms with Crippen LogP contribution in [-0.4, -0.2) is 27.0 Å². The summed E-state index contributed by atoms with van der Waals surface area (Å²) in [6.45, 7) is 0. The second-order valence-corrected chi connectivity index (χ2v) is 3.58. The van der Waals surface area contributed by atoms with Crippen molar-refractivity contribution in [2.45, 2.75) is 0 Å². The zero-order valence-electron chi connectivity index (χ0n) is 9.91. The lowest BCUT2D eigenvalue weighted by Gasteiger charge is -1.97. The summed E-state index contributed by atoms with van der Waals surface area (Å²) in [4.78, 5) is 27.2. The molecular weight excluding hydrogens is 269 g/mol. The van der Waals surface area contributed by atoms with E-state index in [-0.39, 0.29) is 5.56 Å². The molecule has 0 aliphatic rings. The van der Waals surface area contributed by atoms with Gasteiger partial charge in [0.2, 0.25) is 5.69 Å². The van der Waals surface area contributed by atoms with Gasteiger partial charge in [-0.25, -0.2) is 19.8 Å². The number of carbonyl (C=O) groups is 1. The molecule has 1 aromatic heterocycles. The minimum Gasteiger partial charge on any atom is -0.358 e. The zero-order valence-corrected chi connectivity index (χ0v) is 9.91. The number of H-pyrrole nitrogens is 1. The topological polar surface area (TPSA) is 113 Å². The normalized spacial score (nSPS) is 10.7. The highest BCUT2D eigenvalue weighted by Crippen LogP contribution is 2.11. The van der Waals surface area contributed by atoms with Gasteiger partial charge in [-0.3, -0.25) is 4.79 Å². The van der Waals surface area contributed by atoms with E-state index in [0.717, 1.165) is 12.5 Å². The number of hydrogen-bond donors (Lipinski definition) is 2. The first-order valence-electron chi connectivity index (χ1n) is 5.35. The zero-order chi connectivity index (χ0) is 14.5. The molecule has 1 heterocycles. The van der Waals surface area contributed by atoms with E-state index in [2.05, 4.69) is 15.1 Å². The van der Waals surface area contributed by atoms with Crippen LogP contribution in [0.4, 0.5) is 10.2 Å². The molecule has 0 radical (unpaired) electrons. The summed E-state index contributed by atoms with van der Waals surface area (Å²) in [6, 6.07) is 5.81. The fourth-order valence-corrected chi connectivity index (χ4v) is 1.39. The largest absolute Gasteiger partial charge is 0.358 e. The van der Waals surface area contributed by atoms with Crippen LogP contribution in [0.25, 0.3) is 0 Å². The van der Waals surface area contributed by atoms with Crippen molar-refractivity contribution in [2.75, 3.05) is 0 Å². The Hall–Kier alpha value is -3.10.